The smallest absolute Gasteiger partial charge is 0.355 e. The number of esters is 2. The first-order chi connectivity index (χ1) is 22.5. The fourth-order valence-corrected chi connectivity index (χ4v) is 5.23. The van der Waals surface area contributed by atoms with Crippen LogP contribution in [0, 0.1) is 11.8 Å². The van der Waals surface area contributed by atoms with E-state index in [4.69, 9.17) is 9.47 Å². The second-order valence-electron chi connectivity index (χ2n) is 10.6. The van der Waals surface area contributed by atoms with E-state index in [1.807, 2.05) is 121 Å². The van der Waals surface area contributed by atoms with E-state index in [0.29, 0.717) is 17.8 Å². The molecule has 5 aromatic rings. The van der Waals surface area contributed by atoms with Gasteiger partial charge in [0.05, 0.1) is 13.2 Å². The largest absolute Gasteiger partial charge is 0.463 e. The van der Waals surface area contributed by atoms with Gasteiger partial charge >= 0.3 is 11.9 Å². The van der Waals surface area contributed by atoms with Crippen LogP contribution in [-0.4, -0.2) is 34.8 Å². The monoisotopic (exact) mass is 609 g/mol. The zero-order valence-electron chi connectivity index (χ0n) is 25.6. The molecule has 0 atom stereocenters. The summed E-state index contributed by atoms with van der Waals surface area (Å²) in [6.45, 7) is 2.10. The first-order valence-corrected chi connectivity index (χ1v) is 15.1. The zero-order valence-corrected chi connectivity index (χ0v) is 25.6. The van der Waals surface area contributed by atoms with Crippen molar-refractivity contribution >= 4 is 18.0 Å². The standard InChI is InChI=1S/C40H35NO5/c1-2-45-38(43)24-23-33-27-37(39(44)46-29-32-17-9-4-10-18-32)41(28-31-15-7-3-8-16-31)36(33)25-26-40(30-42,34-19-11-5-12-20-34)35-21-13-6-14-22-35/h3-24,27,42H,2,28-30H2,1H3/b24-23+. The van der Waals surface area contributed by atoms with Gasteiger partial charge in [0.1, 0.15) is 23.4 Å². The lowest BCUT2D eigenvalue weighted by Crippen LogP contribution is -2.30. The molecular formula is C40H35NO5. The fourth-order valence-electron chi connectivity index (χ4n) is 5.23. The molecule has 0 unspecified atom stereocenters. The highest BCUT2D eigenvalue weighted by atomic mass is 16.5. The summed E-state index contributed by atoms with van der Waals surface area (Å²) in [6.07, 6.45) is 2.92. The Balaban J connectivity index is 1.69. The second-order valence-corrected chi connectivity index (χ2v) is 10.6. The van der Waals surface area contributed by atoms with Crippen LogP contribution in [0.4, 0.5) is 0 Å². The number of nitrogens with zero attached hydrogens (tertiary/aromatic N) is 1. The number of benzene rings is 4. The molecule has 0 saturated heterocycles. The van der Waals surface area contributed by atoms with Crippen molar-refractivity contribution in [3.63, 3.8) is 0 Å². The summed E-state index contributed by atoms with van der Waals surface area (Å²) in [4.78, 5) is 26.0. The average molecular weight is 610 g/mol. The lowest BCUT2D eigenvalue weighted by atomic mass is 9.75. The highest BCUT2D eigenvalue weighted by molar-refractivity contribution is 5.92. The van der Waals surface area contributed by atoms with Gasteiger partial charge in [-0.05, 0) is 47.2 Å². The maximum Gasteiger partial charge on any atom is 0.355 e. The van der Waals surface area contributed by atoms with E-state index < -0.39 is 17.4 Å². The summed E-state index contributed by atoms with van der Waals surface area (Å²) in [5, 5.41) is 11.0. The van der Waals surface area contributed by atoms with E-state index in [0.717, 1.165) is 22.3 Å². The van der Waals surface area contributed by atoms with Gasteiger partial charge in [-0.1, -0.05) is 127 Å². The van der Waals surface area contributed by atoms with E-state index in [1.54, 1.807) is 23.6 Å². The Morgan fingerprint density at radius 1 is 0.783 bits per heavy atom. The number of aromatic nitrogens is 1. The van der Waals surface area contributed by atoms with Gasteiger partial charge < -0.3 is 19.1 Å². The minimum absolute atomic E-state index is 0.0981. The molecule has 1 aromatic heterocycles. The molecule has 0 bridgehead atoms. The molecule has 6 heteroatoms. The third kappa shape index (κ3) is 7.52. The van der Waals surface area contributed by atoms with Crippen LogP contribution in [0.5, 0.6) is 0 Å². The van der Waals surface area contributed by atoms with Crippen LogP contribution in [0.25, 0.3) is 6.08 Å². The van der Waals surface area contributed by atoms with Gasteiger partial charge in [-0.3, -0.25) is 0 Å². The molecule has 0 aliphatic rings. The maximum absolute atomic E-state index is 13.7. The topological polar surface area (TPSA) is 77.8 Å². The summed E-state index contributed by atoms with van der Waals surface area (Å²) in [5.41, 5.74) is 3.68. The van der Waals surface area contributed by atoms with Crippen LogP contribution in [0.15, 0.2) is 133 Å². The zero-order chi connectivity index (χ0) is 32.2. The molecule has 0 spiro atoms. The summed E-state index contributed by atoms with van der Waals surface area (Å²) >= 11 is 0. The highest BCUT2D eigenvalue weighted by Crippen LogP contribution is 2.32. The number of aliphatic hydroxyl groups excluding tert-OH is 1. The average Bonchev–Trinajstić information content (AvgIpc) is 3.45. The molecule has 0 amide bonds. The minimum atomic E-state index is -1.07. The predicted molar refractivity (Wildman–Crippen MR) is 179 cm³/mol. The quantitative estimate of drug-likeness (QED) is 0.101. The Morgan fingerprint density at radius 3 is 1.87 bits per heavy atom. The maximum atomic E-state index is 13.7. The van der Waals surface area contributed by atoms with E-state index >= 15 is 0 Å². The van der Waals surface area contributed by atoms with Gasteiger partial charge in [-0.15, -0.1) is 0 Å². The highest BCUT2D eigenvalue weighted by Gasteiger charge is 2.32. The van der Waals surface area contributed by atoms with E-state index in [1.165, 1.54) is 6.08 Å². The Hall–Kier alpha value is -5.64. The molecule has 0 saturated carbocycles. The van der Waals surface area contributed by atoms with E-state index in [2.05, 4.69) is 11.8 Å². The molecule has 1 N–H and O–H groups in total. The summed E-state index contributed by atoms with van der Waals surface area (Å²) in [7, 11) is 0. The van der Waals surface area contributed by atoms with Crippen molar-refractivity contribution in [2.24, 2.45) is 0 Å². The normalized spacial score (nSPS) is 11.1. The number of ether oxygens (including phenoxy) is 2. The third-order valence-electron chi connectivity index (χ3n) is 7.58. The molecule has 4 aromatic carbocycles. The minimum Gasteiger partial charge on any atom is -0.463 e. The first-order valence-electron chi connectivity index (χ1n) is 15.1. The number of carbonyl (C=O) groups is 2. The van der Waals surface area contributed by atoms with Crippen molar-refractivity contribution in [1.82, 2.24) is 4.57 Å². The molecule has 5 rings (SSSR count). The van der Waals surface area contributed by atoms with Crippen molar-refractivity contribution in [3.8, 4) is 11.8 Å². The Morgan fingerprint density at radius 2 is 1.33 bits per heavy atom. The fraction of sp³-hybridized carbons (Fsp3) is 0.150. The number of hydrogen-bond donors (Lipinski definition) is 1. The van der Waals surface area contributed by atoms with Gasteiger partial charge in [0.2, 0.25) is 0 Å². The van der Waals surface area contributed by atoms with Crippen molar-refractivity contribution < 1.29 is 24.2 Å². The lowest BCUT2D eigenvalue weighted by molar-refractivity contribution is -0.137. The number of rotatable bonds is 11. The van der Waals surface area contributed by atoms with Gasteiger partial charge in [0.15, 0.2) is 0 Å². The SMILES string of the molecule is CCOC(=O)/C=C/c1cc(C(=O)OCc2ccccc2)n(Cc2ccccc2)c1C#CC(CO)(c1ccccc1)c1ccccc1. The van der Waals surface area contributed by atoms with E-state index in [-0.39, 0.29) is 25.5 Å². The van der Waals surface area contributed by atoms with Crippen molar-refractivity contribution in [2.75, 3.05) is 13.2 Å². The third-order valence-corrected chi connectivity index (χ3v) is 7.58. The van der Waals surface area contributed by atoms with Crippen LogP contribution in [-0.2, 0) is 32.8 Å². The lowest BCUT2D eigenvalue weighted by Gasteiger charge is -2.27. The molecule has 0 radical (unpaired) electrons. The Kier molecular flexibility index (Phi) is 10.6. The van der Waals surface area contributed by atoms with Gasteiger partial charge in [0.25, 0.3) is 0 Å². The number of hydrogen-bond acceptors (Lipinski definition) is 5. The van der Waals surface area contributed by atoms with Crippen molar-refractivity contribution in [3.05, 3.63) is 173 Å². The Bertz CT molecular complexity index is 1790. The van der Waals surface area contributed by atoms with Crippen molar-refractivity contribution in [2.45, 2.75) is 25.5 Å². The summed E-state index contributed by atoms with van der Waals surface area (Å²) in [6, 6.07) is 40.1. The van der Waals surface area contributed by atoms with Gasteiger partial charge in [-0.25, -0.2) is 9.59 Å². The second kappa shape index (κ2) is 15.4. The molecule has 46 heavy (non-hydrogen) atoms. The molecule has 0 aliphatic heterocycles. The predicted octanol–water partition coefficient (Wildman–Crippen LogP) is 6.80. The van der Waals surface area contributed by atoms with Crippen LogP contribution in [0.2, 0.25) is 0 Å². The summed E-state index contributed by atoms with van der Waals surface area (Å²) < 4.78 is 12.7. The van der Waals surface area contributed by atoms with Crippen LogP contribution in [0.1, 0.15) is 50.9 Å². The molecule has 6 nitrogen and oxygen atoms in total. The number of carbonyl (C=O) groups excluding carboxylic acids is 2. The van der Waals surface area contributed by atoms with Crippen LogP contribution in [0.3, 0.4) is 0 Å². The Labute approximate surface area is 269 Å². The van der Waals surface area contributed by atoms with Crippen LogP contribution >= 0.6 is 0 Å². The summed E-state index contributed by atoms with van der Waals surface area (Å²) in [5.74, 6) is 5.70. The van der Waals surface area contributed by atoms with Gasteiger partial charge in [0, 0.05) is 18.2 Å². The van der Waals surface area contributed by atoms with Gasteiger partial charge in [-0.2, -0.15) is 0 Å². The molecule has 1 heterocycles. The molecule has 0 fully saturated rings. The van der Waals surface area contributed by atoms with E-state index in [9.17, 15) is 14.7 Å². The number of aliphatic hydroxyl groups is 1. The first kappa shape index (κ1) is 31.8. The molecule has 230 valence electrons. The molecular weight excluding hydrogens is 574 g/mol. The van der Waals surface area contributed by atoms with Crippen molar-refractivity contribution in [1.29, 1.82) is 0 Å². The van der Waals surface area contributed by atoms with Crippen LogP contribution < -0.4 is 0 Å². The molecule has 0 aliphatic carbocycles.